The molecule has 1 aliphatic carbocycles. The lowest BCUT2D eigenvalue weighted by atomic mass is 9.65. The van der Waals surface area contributed by atoms with Gasteiger partial charge in [0, 0.05) is 18.3 Å². The van der Waals surface area contributed by atoms with Gasteiger partial charge in [-0.1, -0.05) is 46.2 Å². The Hall–Kier alpha value is -2.30. The highest BCUT2D eigenvalue weighted by Crippen LogP contribution is 2.54. The molecule has 2 fully saturated rings. The van der Waals surface area contributed by atoms with Crippen LogP contribution in [0.15, 0.2) is 30.6 Å². The van der Waals surface area contributed by atoms with E-state index in [4.69, 9.17) is 5.73 Å². The summed E-state index contributed by atoms with van der Waals surface area (Å²) in [7, 11) is 0. The fourth-order valence-electron chi connectivity index (χ4n) is 5.69. The molecule has 156 valence electrons. The molecule has 2 unspecified atom stereocenters. The van der Waals surface area contributed by atoms with Crippen molar-refractivity contribution >= 4 is 23.0 Å². The lowest BCUT2D eigenvalue weighted by Gasteiger charge is -2.39. The molecule has 2 aromatic rings. The van der Waals surface area contributed by atoms with Crippen molar-refractivity contribution in [3.8, 4) is 0 Å². The first-order valence-corrected chi connectivity index (χ1v) is 11.0. The van der Waals surface area contributed by atoms with Crippen LogP contribution < -0.4 is 16.0 Å². The maximum Gasteiger partial charge on any atom is 0.159 e. The van der Waals surface area contributed by atoms with Gasteiger partial charge in [0.05, 0.1) is 0 Å². The third-order valence-electron chi connectivity index (χ3n) is 6.59. The molecule has 2 atom stereocenters. The Morgan fingerprint density at radius 3 is 2.62 bits per heavy atom. The maximum atomic E-state index is 6.57. The minimum atomic E-state index is 0.339. The Morgan fingerprint density at radius 2 is 1.90 bits per heavy atom. The Balaban J connectivity index is 1.54. The number of hydrogen-bond donors (Lipinski definition) is 2. The second-order valence-corrected chi connectivity index (χ2v) is 10.2. The number of benzene rings is 1. The number of aryl methyl sites for hydroxylation is 1. The summed E-state index contributed by atoms with van der Waals surface area (Å²) < 4.78 is 0. The normalized spacial score (nSPS) is 25.2. The highest BCUT2D eigenvalue weighted by molar-refractivity contribution is 5.78. The summed E-state index contributed by atoms with van der Waals surface area (Å²) in [6.45, 7) is 10.4. The van der Waals surface area contributed by atoms with E-state index in [9.17, 15) is 0 Å². The van der Waals surface area contributed by atoms with Gasteiger partial charge in [-0.3, -0.25) is 0 Å². The Morgan fingerprint density at radius 1 is 1.14 bits per heavy atom. The van der Waals surface area contributed by atoms with Crippen LogP contribution in [0.5, 0.6) is 0 Å². The number of nitrogens with zero attached hydrogens (tertiary/aromatic N) is 3. The van der Waals surface area contributed by atoms with E-state index in [1.165, 1.54) is 37.7 Å². The van der Waals surface area contributed by atoms with E-state index < -0.39 is 0 Å². The molecule has 4 rings (SSSR count). The van der Waals surface area contributed by atoms with Gasteiger partial charge in [-0.05, 0) is 60.6 Å². The van der Waals surface area contributed by atoms with Crippen LogP contribution in [0.4, 0.5) is 23.0 Å². The van der Waals surface area contributed by atoms with Crippen molar-refractivity contribution in [3.63, 3.8) is 0 Å². The molecule has 1 aliphatic heterocycles. The van der Waals surface area contributed by atoms with Gasteiger partial charge in [0.25, 0.3) is 0 Å². The maximum absolute atomic E-state index is 6.57. The number of nitrogens with two attached hydrogens (primary N) is 1. The van der Waals surface area contributed by atoms with E-state index in [0.29, 0.717) is 28.4 Å². The quantitative estimate of drug-likeness (QED) is 0.673. The summed E-state index contributed by atoms with van der Waals surface area (Å²) in [5.41, 5.74) is 10.3. The third-order valence-corrected chi connectivity index (χ3v) is 6.59. The van der Waals surface area contributed by atoms with Crippen LogP contribution in [0, 0.1) is 10.8 Å². The summed E-state index contributed by atoms with van der Waals surface area (Å²) in [5, 5.41) is 3.40. The Bertz CT molecular complexity index is 860. The number of nitrogen functional groups attached to an aromatic ring is 1. The molecule has 3 N–H and O–H groups in total. The molecule has 1 saturated carbocycles. The number of hydrogen-bond acceptors (Lipinski definition) is 5. The lowest BCUT2D eigenvalue weighted by Crippen LogP contribution is -2.35. The largest absolute Gasteiger partial charge is 0.393 e. The molecule has 2 bridgehead atoms. The molecular formula is C24H35N5. The van der Waals surface area contributed by atoms with Gasteiger partial charge >= 0.3 is 0 Å². The molecule has 0 spiro atoms. The van der Waals surface area contributed by atoms with Crippen LogP contribution >= 0.6 is 0 Å². The predicted molar refractivity (Wildman–Crippen MR) is 122 cm³/mol. The summed E-state index contributed by atoms with van der Waals surface area (Å²) in [6, 6.07) is 9.09. The van der Waals surface area contributed by atoms with Gasteiger partial charge in [-0.15, -0.1) is 0 Å². The number of rotatable bonds is 6. The minimum absolute atomic E-state index is 0.339. The summed E-state index contributed by atoms with van der Waals surface area (Å²) in [6.07, 6.45) is 8.88. The Labute approximate surface area is 175 Å². The van der Waals surface area contributed by atoms with Crippen molar-refractivity contribution in [1.82, 2.24) is 9.97 Å². The van der Waals surface area contributed by atoms with Gasteiger partial charge in [0.15, 0.2) is 11.6 Å². The molecule has 1 aromatic heterocycles. The Kier molecular flexibility index (Phi) is 5.18. The highest BCUT2D eigenvalue weighted by Gasteiger charge is 2.50. The van der Waals surface area contributed by atoms with E-state index >= 15 is 0 Å². The second-order valence-electron chi connectivity index (χ2n) is 10.2. The average molecular weight is 394 g/mol. The molecule has 1 saturated heterocycles. The van der Waals surface area contributed by atoms with Crippen molar-refractivity contribution in [2.24, 2.45) is 10.8 Å². The van der Waals surface area contributed by atoms with E-state index in [2.05, 4.69) is 72.1 Å². The third kappa shape index (κ3) is 4.19. The molecule has 5 heteroatoms. The van der Waals surface area contributed by atoms with E-state index in [1.54, 1.807) is 6.33 Å². The molecule has 2 heterocycles. The van der Waals surface area contributed by atoms with Crippen molar-refractivity contribution < 1.29 is 0 Å². The summed E-state index contributed by atoms with van der Waals surface area (Å²) in [5.74, 6) is 1.58. The van der Waals surface area contributed by atoms with E-state index in [0.717, 1.165) is 24.5 Å². The topological polar surface area (TPSA) is 67.1 Å². The molecule has 5 nitrogen and oxygen atoms in total. The van der Waals surface area contributed by atoms with Crippen LogP contribution in [0.25, 0.3) is 0 Å². The zero-order valence-corrected chi connectivity index (χ0v) is 18.3. The fraction of sp³-hybridized carbons (Fsp3) is 0.583. The summed E-state index contributed by atoms with van der Waals surface area (Å²) >= 11 is 0. The van der Waals surface area contributed by atoms with Crippen molar-refractivity contribution in [2.45, 2.75) is 72.3 Å². The molecule has 1 aromatic carbocycles. The van der Waals surface area contributed by atoms with Gasteiger partial charge in [-0.2, -0.15) is 0 Å². The fourth-order valence-corrected chi connectivity index (χ4v) is 5.69. The van der Waals surface area contributed by atoms with E-state index in [-0.39, 0.29) is 0 Å². The van der Waals surface area contributed by atoms with Crippen LogP contribution in [-0.4, -0.2) is 22.6 Å². The number of fused-ring (bicyclic) bond motifs is 2. The molecular weight excluding hydrogens is 358 g/mol. The second kappa shape index (κ2) is 7.51. The SMILES string of the molecule is CCCCc1ccc(Nc2ncnc(N3CC4(C)CC3CC(C)(C)C4)c2N)cc1. The predicted octanol–water partition coefficient (Wildman–Crippen LogP) is 5.55. The lowest BCUT2D eigenvalue weighted by molar-refractivity contribution is 0.136. The van der Waals surface area contributed by atoms with Crippen molar-refractivity contribution in [3.05, 3.63) is 36.2 Å². The van der Waals surface area contributed by atoms with E-state index in [1.807, 2.05) is 0 Å². The van der Waals surface area contributed by atoms with Crippen LogP contribution in [-0.2, 0) is 6.42 Å². The molecule has 29 heavy (non-hydrogen) atoms. The van der Waals surface area contributed by atoms with Gasteiger partial charge < -0.3 is 16.0 Å². The minimum Gasteiger partial charge on any atom is -0.393 e. The summed E-state index contributed by atoms with van der Waals surface area (Å²) in [4.78, 5) is 11.5. The number of anilines is 4. The molecule has 2 aliphatic rings. The number of aromatic nitrogens is 2. The monoisotopic (exact) mass is 393 g/mol. The van der Waals surface area contributed by atoms with Gasteiger partial charge in [-0.25, -0.2) is 9.97 Å². The van der Waals surface area contributed by atoms with Gasteiger partial charge in [0.2, 0.25) is 0 Å². The van der Waals surface area contributed by atoms with Gasteiger partial charge in [0.1, 0.15) is 12.0 Å². The smallest absolute Gasteiger partial charge is 0.159 e. The first kappa shape index (κ1) is 20.0. The molecule has 0 radical (unpaired) electrons. The zero-order chi connectivity index (χ0) is 20.6. The zero-order valence-electron chi connectivity index (χ0n) is 18.3. The van der Waals surface area contributed by atoms with Crippen molar-refractivity contribution in [1.29, 1.82) is 0 Å². The first-order valence-electron chi connectivity index (χ1n) is 11.0. The standard InChI is InChI=1S/C24H35N5/c1-5-6-7-17-8-10-18(11-9-17)28-21-20(25)22(27-16-26-21)29-15-24(4)13-19(29)12-23(2,3)14-24/h8-11,16,19H,5-7,12-15,25H2,1-4H3,(H,26,27,28). The van der Waals surface area contributed by atoms with Crippen molar-refractivity contribution in [2.75, 3.05) is 22.5 Å². The van der Waals surface area contributed by atoms with Crippen LogP contribution in [0.2, 0.25) is 0 Å². The average Bonchev–Trinajstić information content (AvgIpc) is 2.91. The number of unbranched alkanes of at least 4 members (excludes halogenated alkanes) is 1. The van der Waals surface area contributed by atoms with Crippen LogP contribution in [0.3, 0.4) is 0 Å². The van der Waals surface area contributed by atoms with Crippen LogP contribution in [0.1, 0.15) is 65.4 Å². The number of nitrogens with one attached hydrogen (secondary N) is 1. The molecule has 0 amide bonds. The first-order chi connectivity index (χ1) is 13.8. The highest BCUT2D eigenvalue weighted by atomic mass is 15.3.